The highest BCUT2D eigenvalue weighted by Gasteiger charge is 2.18. The summed E-state index contributed by atoms with van der Waals surface area (Å²) in [6, 6.07) is 11.9. The maximum atomic E-state index is 12.4. The third kappa shape index (κ3) is 7.53. The van der Waals surface area contributed by atoms with E-state index in [9.17, 15) is 19.7 Å². The van der Waals surface area contributed by atoms with E-state index in [0.717, 1.165) is 22.9 Å². The monoisotopic (exact) mass is 526 g/mol. The Morgan fingerprint density at radius 2 is 1.92 bits per heavy atom. The molecule has 0 bridgehead atoms. The van der Waals surface area contributed by atoms with E-state index in [4.69, 9.17) is 4.74 Å². The first-order valence-electron chi connectivity index (χ1n) is 11.8. The van der Waals surface area contributed by atoms with E-state index in [1.54, 1.807) is 10.6 Å². The molecular formula is C25H30N6O5S. The van der Waals surface area contributed by atoms with Crippen LogP contribution in [-0.4, -0.2) is 43.9 Å². The van der Waals surface area contributed by atoms with Crippen molar-refractivity contribution >= 4 is 35.0 Å². The lowest BCUT2D eigenvalue weighted by molar-refractivity contribution is -0.383. The van der Waals surface area contributed by atoms with Crippen molar-refractivity contribution < 1.29 is 19.2 Å². The molecule has 2 aromatic carbocycles. The molecule has 3 aromatic rings. The summed E-state index contributed by atoms with van der Waals surface area (Å²) in [6.45, 7) is 8.57. The molecule has 37 heavy (non-hydrogen) atoms. The van der Waals surface area contributed by atoms with Gasteiger partial charge in [-0.15, -0.1) is 10.2 Å². The molecule has 0 fully saturated rings. The van der Waals surface area contributed by atoms with E-state index in [2.05, 4.69) is 34.7 Å². The molecule has 1 aromatic heterocycles. The quantitative estimate of drug-likeness (QED) is 0.204. The highest BCUT2D eigenvalue weighted by molar-refractivity contribution is 7.99. The van der Waals surface area contributed by atoms with Crippen LogP contribution in [0.25, 0.3) is 0 Å². The second-order valence-corrected chi connectivity index (χ2v) is 9.46. The molecule has 3 rings (SSSR count). The molecule has 196 valence electrons. The minimum Gasteiger partial charge on any atom is -0.483 e. The van der Waals surface area contributed by atoms with Gasteiger partial charge in [-0.2, -0.15) is 0 Å². The third-order valence-electron chi connectivity index (χ3n) is 5.41. The first-order chi connectivity index (χ1) is 17.7. The second-order valence-electron chi connectivity index (χ2n) is 8.52. The number of hydrogen-bond donors (Lipinski definition) is 2. The van der Waals surface area contributed by atoms with Gasteiger partial charge in [0.1, 0.15) is 11.4 Å². The molecule has 2 N–H and O–H groups in total. The van der Waals surface area contributed by atoms with Crippen molar-refractivity contribution in [3.63, 3.8) is 0 Å². The number of ether oxygens (including phenoxy) is 1. The maximum absolute atomic E-state index is 12.4. The van der Waals surface area contributed by atoms with Crippen LogP contribution in [0.2, 0.25) is 0 Å². The van der Waals surface area contributed by atoms with E-state index in [1.165, 1.54) is 18.2 Å². The Morgan fingerprint density at radius 3 is 2.62 bits per heavy atom. The normalized spacial score (nSPS) is 10.8. The van der Waals surface area contributed by atoms with Gasteiger partial charge in [0.2, 0.25) is 5.91 Å². The fourth-order valence-electron chi connectivity index (χ4n) is 3.54. The van der Waals surface area contributed by atoms with Crippen LogP contribution in [0.4, 0.5) is 11.4 Å². The summed E-state index contributed by atoms with van der Waals surface area (Å²) in [5.41, 5.74) is 2.04. The summed E-state index contributed by atoms with van der Waals surface area (Å²) in [5, 5.41) is 25.3. The zero-order chi connectivity index (χ0) is 26.9. The van der Waals surface area contributed by atoms with Crippen molar-refractivity contribution in [1.82, 2.24) is 20.1 Å². The number of nitrogens with one attached hydrogen (secondary N) is 2. The van der Waals surface area contributed by atoms with Crippen LogP contribution >= 0.6 is 11.8 Å². The molecule has 0 saturated heterocycles. The Kier molecular flexibility index (Phi) is 9.61. The van der Waals surface area contributed by atoms with Gasteiger partial charge in [-0.25, -0.2) is 0 Å². The lowest BCUT2D eigenvalue weighted by Gasteiger charge is -2.15. The van der Waals surface area contributed by atoms with Crippen molar-refractivity contribution in [1.29, 1.82) is 0 Å². The topological polar surface area (TPSA) is 141 Å². The van der Waals surface area contributed by atoms with Crippen LogP contribution in [-0.2, 0) is 22.7 Å². The maximum Gasteiger partial charge on any atom is 0.292 e. The Hall–Kier alpha value is -3.93. The van der Waals surface area contributed by atoms with Crippen molar-refractivity contribution in [2.75, 3.05) is 17.7 Å². The Morgan fingerprint density at radius 1 is 1.16 bits per heavy atom. The molecule has 0 atom stereocenters. The molecule has 0 aliphatic carbocycles. The number of amides is 2. The standard InChI is InChI=1S/C25H30N6O5S/c1-5-30-22(13-26-23(32)14-36-21-12-17(4)10-11-18(21)16(2)3)28-29-25(30)37-15-24(33)27-19-8-6-7-9-20(19)31(34)35/h6-12,16H,5,13-15H2,1-4H3,(H,26,32)(H,27,33). The zero-order valence-electron chi connectivity index (χ0n) is 21.2. The van der Waals surface area contributed by atoms with Gasteiger partial charge in [0.25, 0.3) is 11.6 Å². The first-order valence-corrected chi connectivity index (χ1v) is 12.8. The predicted octanol–water partition coefficient (Wildman–Crippen LogP) is 4.06. The number of hydrogen-bond acceptors (Lipinski definition) is 8. The highest BCUT2D eigenvalue weighted by atomic mass is 32.2. The fourth-order valence-corrected chi connectivity index (χ4v) is 4.37. The summed E-state index contributed by atoms with van der Waals surface area (Å²) >= 11 is 1.15. The number of rotatable bonds is 12. The van der Waals surface area contributed by atoms with Gasteiger partial charge in [0, 0.05) is 12.6 Å². The average molecular weight is 527 g/mol. The molecule has 0 unspecified atom stereocenters. The smallest absolute Gasteiger partial charge is 0.292 e. The number of benzene rings is 2. The van der Waals surface area contributed by atoms with Gasteiger partial charge in [0.15, 0.2) is 17.6 Å². The molecule has 1 heterocycles. The van der Waals surface area contributed by atoms with E-state index in [1.807, 2.05) is 32.0 Å². The van der Waals surface area contributed by atoms with Crippen molar-refractivity contribution in [3.8, 4) is 5.75 Å². The lowest BCUT2D eigenvalue weighted by Crippen LogP contribution is -2.29. The van der Waals surface area contributed by atoms with Gasteiger partial charge in [-0.05, 0) is 43.0 Å². The minimum atomic E-state index is -0.549. The fraction of sp³-hybridized carbons (Fsp3) is 0.360. The number of nitro groups is 1. The summed E-state index contributed by atoms with van der Waals surface area (Å²) in [5.74, 6) is 0.783. The lowest BCUT2D eigenvalue weighted by atomic mass is 10.0. The summed E-state index contributed by atoms with van der Waals surface area (Å²) in [6.07, 6.45) is 0. The number of anilines is 1. The minimum absolute atomic E-state index is 0.0148. The number of carbonyl (C=O) groups excluding carboxylic acids is 2. The molecule has 0 aliphatic heterocycles. The largest absolute Gasteiger partial charge is 0.483 e. The van der Waals surface area contributed by atoms with Gasteiger partial charge < -0.3 is 19.9 Å². The van der Waals surface area contributed by atoms with Crippen LogP contribution in [0.1, 0.15) is 43.6 Å². The molecule has 2 amide bonds. The van der Waals surface area contributed by atoms with Crippen LogP contribution < -0.4 is 15.4 Å². The Labute approximate surface area is 219 Å². The molecule has 0 saturated carbocycles. The number of nitro benzene ring substituents is 1. The second kappa shape index (κ2) is 12.9. The summed E-state index contributed by atoms with van der Waals surface area (Å²) in [4.78, 5) is 35.4. The summed E-state index contributed by atoms with van der Waals surface area (Å²) < 4.78 is 7.58. The van der Waals surface area contributed by atoms with Gasteiger partial charge >= 0.3 is 0 Å². The average Bonchev–Trinajstić information content (AvgIpc) is 3.26. The third-order valence-corrected chi connectivity index (χ3v) is 6.38. The zero-order valence-corrected chi connectivity index (χ0v) is 22.0. The van der Waals surface area contributed by atoms with Crippen molar-refractivity contribution in [3.05, 3.63) is 69.5 Å². The number of thioether (sulfide) groups is 1. The number of para-hydroxylation sites is 2. The predicted molar refractivity (Wildman–Crippen MR) is 141 cm³/mol. The molecule has 0 spiro atoms. The van der Waals surface area contributed by atoms with Gasteiger partial charge in [-0.3, -0.25) is 19.7 Å². The molecule has 0 radical (unpaired) electrons. The number of nitrogens with zero attached hydrogens (tertiary/aromatic N) is 4. The summed E-state index contributed by atoms with van der Waals surface area (Å²) in [7, 11) is 0. The molecule has 12 heteroatoms. The highest BCUT2D eigenvalue weighted by Crippen LogP contribution is 2.27. The molecule has 11 nitrogen and oxygen atoms in total. The first kappa shape index (κ1) is 27.7. The molecule has 0 aliphatic rings. The van der Waals surface area contributed by atoms with E-state index in [0.29, 0.717) is 23.3 Å². The van der Waals surface area contributed by atoms with Crippen LogP contribution in [0, 0.1) is 17.0 Å². The Balaban J connectivity index is 1.54. The van der Waals surface area contributed by atoms with E-state index < -0.39 is 10.8 Å². The van der Waals surface area contributed by atoms with Crippen molar-refractivity contribution in [2.45, 2.75) is 51.9 Å². The van der Waals surface area contributed by atoms with E-state index in [-0.39, 0.29) is 42.1 Å². The van der Waals surface area contributed by atoms with Gasteiger partial charge in [-0.1, -0.05) is 49.9 Å². The van der Waals surface area contributed by atoms with Crippen molar-refractivity contribution in [2.24, 2.45) is 0 Å². The Bertz CT molecular complexity index is 1280. The molecular weight excluding hydrogens is 496 g/mol. The van der Waals surface area contributed by atoms with E-state index >= 15 is 0 Å². The van der Waals surface area contributed by atoms with Crippen LogP contribution in [0.15, 0.2) is 47.6 Å². The number of aromatic nitrogens is 3. The number of aryl methyl sites for hydroxylation is 1. The van der Waals surface area contributed by atoms with Gasteiger partial charge in [0.05, 0.1) is 17.2 Å². The van der Waals surface area contributed by atoms with Crippen LogP contribution in [0.5, 0.6) is 5.75 Å². The number of carbonyl (C=O) groups is 2. The SMILES string of the molecule is CCn1c(CNC(=O)COc2cc(C)ccc2C(C)C)nnc1SCC(=O)Nc1ccccc1[N+](=O)[O-]. The van der Waals surface area contributed by atoms with Crippen LogP contribution in [0.3, 0.4) is 0 Å².